The van der Waals surface area contributed by atoms with E-state index in [0.29, 0.717) is 0 Å². The Morgan fingerprint density at radius 3 is 2.50 bits per heavy atom. The second-order valence-electron chi connectivity index (χ2n) is 2.26. The quantitative estimate of drug-likeness (QED) is 0.397. The van der Waals surface area contributed by atoms with Gasteiger partial charge in [0.2, 0.25) is 0 Å². The molecule has 1 aromatic heterocycles. The summed E-state index contributed by atoms with van der Waals surface area (Å²) in [4.78, 5) is 14.5. The van der Waals surface area contributed by atoms with Gasteiger partial charge in [0.1, 0.15) is 3.70 Å². The average molecular weight is 443 g/mol. The maximum absolute atomic E-state index is 12.5. The van der Waals surface area contributed by atoms with Gasteiger partial charge in [0, 0.05) is 9.77 Å². The van der Waals surface area contributed by atoms with Crippen LogP contribution in [0.1, 0.15) is 22.3 Å². The summed E-state index contributed by atoms with van der Waals surface area (Å²) in [5.74, 6) is 0. The zero-order valence-corrected chi connectivity index (χ0v) is 11.5. The molecule has 0 radical (unpaired) electrons. The number of hydrogen-bond acceptors (Lipinski definition) is 2. The first-order valence-corrected chi connectivity index (χ1v) is 5.80. The molecule has 0 atom stereocenters. The number of carbonyl (C=O) groups excluding carboxylic acids is 1. The molecule has 1 heterocycles. The molecule has 0 aromatic carbocycles. The minimum absolute atomic E-state index is 0.0167. The lowest BCUT2D eigenvalue weighted by molar-refractivity contribution is 0.107. The number of hydrogen-bond donors (Lipinski definition) is 0. The van der Waals surface area contributed by atoms with Crippen molar-refractivity contribution < 1.29 is 13.6 Å². The van der Waals surface area contributed by atoms with Crippen LogP contribution in [0, 0.1) is 7.27 Å². The van der Waals surface area contributed by atoms with Crippen LogP contribution in [0.4, 0.5) is 8.78 Å². The third-order valence-corrected chi connectivity index (χ3v) is 3.66. The zero-order valence-electron chi connectivity index (χ0n) is 6.40. The maximum atomic E-state index is 12.5. The van der Waals surface area contributed by atoms with Crippen molar-refractivity contribution in [1.29, 1.82) is 0 Å². The standard InChI is InChI=1S/C7H2ClF2I2NO/c8-5(14)2-1-13-7(12)3(4(2)11)6(9)10/h1,6H. The van der Waals surface area contributed by atoms with Crippen molar-refractivity contribution in [3.8, 4) is 0 Å². The van der Waals surface area contributed by atoms with E-state index in [1.165, 1.54) is 6.20 Å². The van der Waals surface area contributed by atoms with Gasteiger partial charge in [-0.15, -0.1) is 0 Å². The largest absolute Gasteiger partial charge is 0.276 e. The average Bonchev–Trinajstić information content (AvgIpc) is 2.02. The van der Waals surface area contributed by atoms with Crippen LogP contribution in [-0.2, 0) is 0 Å². The Morgan fingerprint density at radius 1 is 1.50 bits per heavy atom. The van der Waals surface area contributed by atoms with Crippen molar-refractivity contribution >= 4 is 62.0 Å². The van der Waals surface area contributed by atoms with Gasteiger partial charge in [0.25, 0.3) is 11.7 Å². The molecule has 0 amide bonds. The molecule has 0 bridgehead atoms. The lowest BCUT2D eigenvalue weighted by Gasteiger charge is -2.07. The van der Waals surface area contributed by atoms with E-state index in [1.54, 1.807) is 45.2 Å². The smallest absolute Gasteiger partial charge is 0.267 e. The second-order valence-corrected chi connectivity index (χ2v) is 4.71. The molecule has 0 saturated carbocycles. The normalized spacial score (nSPS) is 10.7. The summed E-state index contributed by atoms with van der Waals surface area (Å²) in [6, 6.07) is 0. The number of nitrogens with zero attached hydrogens (tertiary/aromatic N) is 1. The van der Waals surface area contributed by atoms with Gasteiger partial charge in [0.05, 0.1) is 11.1 Å². The van der Waals surface area contributed by atoms with Gasteiger partial charge in [-0.05, 0) is 56.8 Å². The Kier molecular flexibility index (Phi) is 4.44. The molecule has 1 aromatic rings. The van der Waals surface area contributed by atoms with E-state index in [-0.39, 0.29) is 18.4 Å². The van der Waals surface area contributed by atoms with E-state index in [9.17, 15) is 13.6 Å². The zero-order chi connectivity index (χ0) is 10.9. The van der Waals surface area contributed by atoms with E-state index < -0.39 is 11.7 Å². The molecule has 1 rings (SSSR count). The fourth-order valence-corrected chi connectivity index (χ4v) is 3.14. The van der Waals surface area contributed by atoms with Crippen molar-refractivity contribution in [2.24, 2.45) is 0 Å². The van der Waals surface area contributed by atoms with Gasteiger partial charge in [0.15, 0.2) is 0 Å². The van der Waals surface area contributed by atoms with E-state index >= 15 is 0 Å². The predicted octanol–water partition coefficient (Wildman–Crippen LogP) is 3.61. The molecule has 2 nitrogen and oxygen atoms in total. The van der Waals surface area contributed by atoms with Crippen molar-refractivity contribution in [1.82, 2.24) is 4.98 Å². The van der Waals surface area contributed by atoms with E-state index in [0.717, 1.165) is 0 Å². The highest BCUT2D eigenvalue weighted by molar-refractivity contribution is 14.1. The fraction of sp³-hybridized carbons (Fsp3) is 0.143. The van der Waals surface area contributed by atoms with Gasteiger partial charge in [-0.25, -0.2) is 13.8 Å². The molecular weight excluding hydrogens is 441 g/mol. The molecule has 0 unspecified atom stereocenters. The third-order valence-electron chi connectivity index (χ3n) is 1.43. The molecular formula is C7H2ClF2I2NO. The monoisotopic (exact) mass is 443 g/mol. The minimum Gasteiger partial charge on any atom is -0.276 e. The van der Waals surface area contributed by atoms with Gasteiger partial charge >= 0.3 is 0 Å². The second kappa shape index (κ2) is 4.97. The maximum Gasteiger partial charge on any atom is 0.267 e. The molecule has 76 valence electrons. The van der Waals surface area contributed by atoms with Crippen LogP contribution < -0.4 is 0 Å². The van der Waals surface area contributed by atoms with E-state index in [4.69, 9.17) is 11.6 Å². The summed E-state index contributed by atoms with van der Waals surface area (Å²) in [6.07, 6.45) is -1.46. The topological polar surface area (TPSA) is 30.0 Å². The fourth-order valence-electron chi connectivity index (χ4n) is 0.806. The van der Waals surface area contributed by atoms with Crippen molar-refractivity contribution in [2.75, 3.05) is 0 Å². The highest BCUT2D eigenvalue weighted by atomic mass is 127. The van der Waals surface area contributed by atoms with Crippen molar-refractivity contribution in [3.63, 3.8) is 0 Å². The number of carbonyl (C=O) groups is 1. The Morgan fingerprint density at radius 2 is 2.07 bits per heavy atom. The van der Waals surface area contributed by atoms with Crippen molar-refractivity contribution in [2.45, 2.75) is 6.43 Å². The highest BCUT2D eigenvalue weighted by Crippen LogP contribution is 2.30. The van der Waals surface area contributed by atoms with Crippen LogP contribution in [0.2, 0.25) is 0 Å². The molecule has 0 saturated heterocycles. The number of rotatable bonds is 2. The van der Waals surface area contributed by atoms with Crippen LogP contribution in [0.3, 0.4) is 0 Å². The van der Waals surface area contributed by atoms with E-state index in [2.05, 4.69) is 4.98 Å². The Labute approximate surface area is 111 Å². The molecule has 0 N–H and O–H groups in total. The summed E-state index contributed by atoms with van der Waals surface area (Å²) in [5, 5.41) is -0.778. The Balaban J connectivity index is 3.41. The number of aromatic nitrogens is 1. The van der Waals surface area contributed by atoms with Crippen LogP contribution in [0.25, 0.3) is 0 Å². The summed E-state index contributed by atoms with van der Waals surface area (Å²) >= 11 is 8.56. The van der Waals surface area contributed by atoms with Gasteiger partial charge in [-0.2, -0.15) is 0 Å². The Hall–Kier alpha value is 0.430. The van der Waals surface area contributed by atoms with Gasteiger partial charge < -0.3 is 0 Å². The van der Waals surface area contributed by atoms with Crippen LogP contribution in [0.15, 0.2) is 6.20 Å². The molecule has 0 spiro atoms. The van der Waals surface area contributed by atoms with Gasteiger partial charge in [-0.1, -0.05) is 0 Å². The summed E-state index contributed by atoms with van der Waals surface area (Å²) < 4.78 is 25.4. The van der Waals surface area contributed by atoms with Crippen LogP contribution in [0.5, 0.6) is 0 Å². The summed E-state index contributed by atoms with van der Waals surface area (Å²) in [6.45, 7) is 0. The number of alkyl halides is 2. The van der Waals surface area contributed by atoms with Crippen LogP contribution in [-0.4, -0.2) is 10.2 Å². The van der Waals surface area contributed by atoms with Crippen molar-refractivity contribution in [3.05, 3.63) is 24.6 Å². The lowest BCUT2D eigenvalue weighted by atomic mass is 10.2. The molecule has 14 heavy (non-hydrogen) atoms. The Bertz CT molecular complexity index is 386. The summed E-state index contributed by atoms with van der Waals surface area (Å²) in [7, 11) is 0. The molecule has 0 aliphatic heterocycles. The molecule has 0 aliphatic carbocycles. The molecule has 7 heteroatoms. The molecule has 0 fully saturated rings. The highest BCUT2D eigenvalue weighted by Gasteiger charge is 2.21. The minimum atomic E-state index is -2.66. The van der Waals surface area contributed by atoms with E-state index in [1.807, 2.05) is 0 Å². The number of halogens is 5. The first-order valence-electron chi connectivity index (χ1n) is 3.27. The first kappa shape index (κ1) is 12.5. The molecule has 0 aliphatic rings. The van der Waals surface area contributed by atoms with Crippen LogP contribution >= 0.6 is 56.8 Å². The third kappa shape index (κ3) is 2.51. The summed E-state index contributed by atoms with van der Waals surface area (Å²) in [5.41, 5.74) is -0.222. The number of pyridine rings is 1. The first-order chi connectivity index (χ1) is 6.45. The van der Waals surface area contributed by atoms with Gasteiger partial charge in [-0.3, -0.25) is 4.79 Å². The lowest BCUT2D eigenvalue weighted by Crippen LogP contribution is -2.04. The SMILES string of the molecule is O=C(Cl)c1cnc(I)c(C(F)F)c1I. The predicted molar refractivity (Wildman–Crippen MR) is 64.8 cm³/mol.